The van der Waals surface area contributed by atoms with E-state index < -0.39 is 0 Å². The number of hydrogen-bond acceptors (Lipinski definition) is 4. The van der Waals surface area contributed by atoms with Crippen molar-refractivity contribution in [2.75, 3.05) is 25.0 Å². The molecule has 1 aliphatic heterocycles. The van der Waals surface area contributed by atoms with Gasteiger partial charge >= 0.3 is 0 Å². The van der Waals surface area contributed by atoms with Crippen LogP contribution >= 0.6 is 11.6 Å². The van der Waals surface area contributed by atoms with Gasteiger partial charge in [0.2, 0.25) is 11.9 Å². The van der Waals surface area contributed by atoms with E-state index in [9.17, 15) is 4.79 Å². The summed E-state index contributed by atoms with van der Waals surface area (Å²) in [5, 5.41) is 3.68. The lowest BCUT2D eigenvalue weighted by atomic mass is 10.1. The second-order valence-corrected chi connectivity index (χ2v) is 6.19. The lowest BCUT2D eigenvalue weighted by Gasteiger charge is -2.17. The molecule has 0 bridgehead atoms. The maximum Gasteiger partial charge on any atom is 0.223 e. The van der Waals surface area contributed by atoms with Crippen LogP contribution in [0.15, 0.2) is 42.7 Å². The molecule has 2 heterocycles. The van der Waals surface area contributed by atoms with Gasteiger partial charge in [-0.15, -0.1) is 0 Å². The third kappa shape index (κ3) is 4.42. The van der Waals surface area contributed by atoms with Crippen LogP contribution in [0.4, 0.5) is 5.95 Å². The van der Waals surface area contributed by atoms with Crippen molar-refractivity contribution >= 4 is 23.5 Å². The summed E-state index contributed by atoms with van der Waals surface area (Å²) < 4.78 is 0. The second kappa shape index (κ2) is 7.42. The predicted molar refractivity (Wildman–Crippen MR) is 90.4 cm³/mol. The molecular weight excluding hydrogens is 312 g/mol. The average Bonchev–Trinajstić information content (AvgIpc) is 2.93. The standard InChI is InChI=1S/C17H19ClN4O/c18-15-10-20-17(21-11-15)19-9-14-8-16(23)22(12-14)7-6-13-4-2-1-3-5-13/h1-5,10-11,14H,6-9,12H2,(H,19,20,21). The molecule has 2 aromatic rings. The number of nitrogens with zero attached hydrogens (tertiary/aromatic N) is 3. The Labute approximate surface area is 140 Å². The van der Waals surface area contributed by atoms with E-state index in [4.69, 9.17) is 11.6 Å². The lowest BCUT2D eigenvalue weighted by molar-refractivity contribution is -0.127. The average molecular weight is 331 g/mol. The molecule has 6 heteroatoms. The first-order valence-corrected chi connectivity index (χ1v) is 8.11. The zero-order valence-electron chi connectivity index (χ0n) is 12.8. The van der Waals surface area contributed by atoms with Crippen LogP contribution in [0.2, 0.25) is 5.02 Å². The van der Waals surface area contributed by atoms with E-state index in [1.54, 1.807) is 12.4 Å². The highest BCUT2D eigenvalue weighted by Crippen LogP contribution is 2.18. The summed E-state index contributed by atoms with van der Waals surface area (Å²) in [6.07, 6.45) is 4.59. The summed E-state index contributed by atoms with van der Waals surface area (Å²) >= 11 is 5.76. The van der Waals surface area contributed by atoms with Crippen molar-refractivity contribution in [1.29, 1.82) is 0 Å². The first-order chi connectivity index (χ1) is 11.2. The van der Waals surface area contributed by atoms with E-state index in [2.05, 4.69) is 27.4 Å². The quantitative estimate of drug-likeness (QED) is 0.884. The maximum atomic E-state index is 12.1. The molecular formula is C17H19ClN4O. The van der Waals surface area contributed by atoms with Crippen LogP contribution < -0.4 is 5.32 Å². The Balaban J connectivity index is 1.46. The molecule has 1 fully saturated rings. The number of hydrogen-bond donors (Lipinski definition) is 1. The molecule has 0 radical (unpaired) electrons. The number of anilines is 1. The molecule has 1 aromatic carbocycles. The molecule has 0 saturated carbocycles. The summed E-state index contributed by atoms with van der Waals surface area (Å²) in [6.45, 7) is 2.25. The highest BCUT2D eigenvalue weighted by molar-refractivity contribution is 6.30. The number of amides is 1. The molecule has 3 rings (SSSR count). The van der Waals surface area contributed by atoms with Crippen molar-refractivity contribution in [3.63, 3.8) is 0 Å². The molecule has 0 aliphatic carbocycles. The molecule has 1 aliphatic rings. The number of rotatable bonds is 6. The van der Waals surface area contributed by atoms with E-state index in [0.29, 0.717) is 23.9 Å². The summed E-state index contributed by atoms with van der Waals surface area (Å²) in [5.41, 5.74) is 1.26. The monoisotopic (exact) mass is 330 g/mol. The van der Waals surface area contributed by atoms with Crippen molar-refractivity contribution in [2.24, 2.45) is 5.92 Å². The number of likely N-dealkylation sites (tertiary alicyclic amines) is 1. The maximum absolute atomic E-state index is 12.1. The van der Waals surface area contributed by atoms with Crippen LogP contribution in [0.1, 0.15) is 12.0 Å². The van der Waals surface area contributed by atoms with Gasteiger partial charge < -0.3 is 10.2 Å². The molecule has 5 nitrogen and oxygen atoms in total. The smallest absolute Gasteiger partial charge is 0.223 e. The zero-order chi connectivity index (χ0) is 16.1. The molecule has 1 aromatic heterocycles. The van der Waals surface area contributed by atoms with Gasteiger partial charge in [0.05, 0.1) is 17.4 Å². The Bertz CT molecular complexity index is 647. The number of carbonyl (C=O) groups is 1. The number of aromatic nitrogens is 2. The number of halogens is 1. The van der Waals surface area contributed by atoms with Gasteiger partial charge in [0.15, 0.2) is 0 Å². The fourth-order valence-corrected chi connectivity index (χ4v) is 2.85. The van der Waals surface area contributed by atoms with Gasteiger partial charge in [-0.2, -0.15) is 0 Å². The fourth-order valence-electron chi connectivity index (χ4n) is 2.75. The minimum atomic E-state index is 0.227. The molecule has 1 atom stereocenters. The van der Waals surface area contributed by atoms with Crippen molar-refractivity contribution in [3.05, 3.63) is 53.3 Å². The van der Waals surface area contributed by atoms with Crippen molar-refractivity contribution in [2.45, 2.75) is 12.8 Å². The van der Waals surface area contributed by atoms with Gasteiger partial charge in [0.25, 0.3) is 0 Å². The van der Waals surface area contributed by atoms with Gasteiger partial charge in [-0.1, -0.05) is 41.9 Å². The van der Waals surface area contributed by atoms with Crippen LogP contribution in [-0.4, -0.2) is 40.4 Å². The van der Waals surface area contributed by atoms with E-state index in [0.717, 1.165) is 19.5 Å². The van der Waals surface area contributed by atoms with Crippen LogP contribution in [0.3, 0.4) is 0 Å². The number of benzene rings is 1. The van der Waals surface area contributed by atoms with Gasteiger partial charge in [-0.3, -0.25) is 4.79 Å². The van der Waals surface area contributed by atoms with E-state index >= 15 is 0 Å². The van der Waals surface area contributed by atoms with Gasteiger partial charge in [0, 0.05) is 32.0 Å². The minimum absolute atomic E-state index is 0.227. The van der Waals surface area contributed by atoms with Crippen molar-refractivity contribution < 1.29 is 4.79 Å². The summed E-state index contributed by atoms with van der Waals surface area (Å²) in [5.74, 6) is 1.06. The Kier molecular flexibility index (Phi) is 5.08. The fraction of sp³-hybridized carbons (Fsp3) is 0.353. The molecule has 23 heavy (non-hydrogen) atoms. The SMILES string of the molecule is O=C1CC(CNc2ncc(Cl)cn2)CN1CCc1ccccc1. The first-order valence-electron chi connectivity index (χ1n) is 7.74. The van der Waals surface area contributed by atoms with E-state index in [1.165, 1.54) is 5.56 Å². The largest absolute Gasteiger partial charge is 0.354 e. The molecule has 1 amide bonds. The molecule has 0 spiro atoms. The van der Waals surface area contributed by atoms with Gasteiger partial charge in [-0.25, -0.2) is 9.97 Å². The van der Waals surface area contributed by atoms with E-state index in [-0.39, 0.29) is 11.8 Å². The second-order valence-electron chi connectivity index (χ2n) is 5.75. The van der Waals surface area contributed by atoms with Crippen molar-refractivity contribution in [1.82, 2.24) is 14.9 Å². The van der Waals surface area contributed by atoms with Gasteiger partial charge in [-0.05, 0) is 12.0 Å². The number of carbonyl (C=O) groups excluding carboxylic acids is 1. The lowest BCUT2D eigenvalue weighted by Crippen LogP contribution is -2.28. The van der Waals surface area contributed by atoms with Crippen molar-refractivity contribution in [3.8, 4) is 0 Å². The molecule has 120 valence electrons. The Morgan fingerprint density at radius 1 is 1.22 bits per heavy atom. The molecule has 1 saturated heterocycles. The molecule has 1 unspecified atom stereocenters. The van der Waals surface area contributed by atoms with Gasteiger partial charge in [0.1, 0.15) is 0 Å². The third-order valence-corrected chi connectivity index (χ3v) is 4.17. The predicted octanol–water partition coefficient (Wildman–Crippen LogP) is 2.63. The van der Waals surface area contributed by atoms with E-state index in [1.807, 2.05) is 23.1 Å². The Morgan fingerprint density at radius 2 is 1.96 bits per heavy atom. The van der Waals surface area contributed by atoms with Crippen LogP contribution in [0.5, 0.6) is 0 Å². The topological polar surface area (TPSA) is 58.1 Å². The van der Waals surface area contributed by atoms with Crippen LogP contribution in [0.25, 0.3) is 0 Å². The third-order valence-electron chi connectivity index (χ3n) is 3.98. The normalized spacial score (nSPS) is 17.5. The minimum Gasteiger partial charge on any atom is -0.354 e. The first kappa shape index (κ1) is 15.7. The summed E-state index contributed by atoms with van der Waals surface area (Å²) in [7, 11) is 0. The highest BCUT2D eigenvalue weighted by atomic mass is 35.5. The summed E-state index contributed by atoms with van der Waals surface area (Å²) in [6, 6.07) is 10.2. The van der Waals surface area contributed by atoms with Crippen LogP contribution in [0, 0.1) is 5.92 Å². The Morgan fingerprint density at radius 3 is 2.70 bits per heavy atom. The highest BCUT2D eigenvalue weighted by Gasteiger charge is 2.29. The zero-order valence-corrected chi connectivity index (χ0v) is 13.5. The Hall–Kier alpha value is -2.14. The van der Waals surface area contributed by atoms with Crippen LogP contribution in [-0.2, 0) is 11.2 Å². The summed E-state index contributed by atoms with van der Waals surface area (Å²) in [4.78, 5) is 22.3. The number of nitrogens with one attached hydrogen (secondary N) is 1. The molecule has 1 N–H and O–H groups in total.